The summed E-state index contributed by atoms with van der Waals surface area (Å²) in [7, 11) is 0. The van der Waals surface area contributed by atoms with Gasteiger partial charge in [0.15, 0.2) is 0 Å². The molecule has 25 heavy (non-hydrogen) atoms. The molecule has 0 bridgehead atoms. The Hall–Kier alpha value is -2.38. The van der Waals surface area contributed by atoms with E-state index < -0.39 is 17.7 Å². The van der Waals surface area contributed by atoms with E-state index >= 15 is 0 Å². The Balaban J connectivity index is 1.74. The molecule has 0 saturated carbocycles. The third-order valence-corrected chi connectivity index (χ3v) is 4.13. The van der Waals surface area contributed by atoms with Crippen LogP contribution in [0.4, 0.5) is 8.78 Å². The van der Waals surface area contributed by atoms with Crippen molar-refractivity contribution < 1.29 is 18.3 Å². The van der Waals surface area contributed by atoms with Crippen molar-refractivity contribution in [2.45, 2.75) is 12.6 Å². The Morgan fingerprint density at radius 3 is 2.76 bits per heavy atom. The Kier molecular flexibility index (Phi) is 5.67. The van der Waals surface area contributed by atoms with Crippen LogP contribution in [-0.4, -0.2) is 42.1 Å². The number of carbonyl (C=O) groups is 1. The van der Waals surface area contributed by atoms with Gasteiger partial charge in [-0.1, -0.05) is 12.1 Å². The number of rotatable bonds is 5. The first-order valence-corrected chi connectivity index (χ1v) is 8.08. The zero-order chi connectivity index (χ0) is 17.6. The number of benzene rings is 1. The van der Waals surface area contributed by atoms with Crippen LogP contribution in [0.15, 0.2) is 42.7 Å². The largest absolute Gasteiger partial charge is 0.379 e. The van der Waals surface area contributed by atoms with Gasteiger partial charge in [-0.15, -0.1) is 0 Å². The number of halogens is 2. The van der Waals surface area contributed by atoms with Crippen LogP contribution in [0.3, 0.4) is 0 Å². The molecule has 1 aromatic carbocycles. The normalized spacial score (nSPS) is 16.4. The minimum Gasteiger partial charge on any atom is -0.379 e. The Morgan fingerprint density at radius 2 is 2.08 bits per heavy atom. The summed E-state index contributed by atoms with van der Waals surface area (Å²) in [6.07, 6.45) is 3.30. The minimum absolute atomic E-state index is 0.00789. The van der Waals surface area contributed by atoms with Gasteiger partial charge in [0.1, 0.15) is 17.7 Å². The highest BCUT2D eigenvalue weighted by Gasteiger charge is 2.29. The zero-order valence-electron chi connectivity index (χ0n) is 13.6. The SMILES string of the molecule is O=C(NCc1ccc(F)cc1F)C(c1cccnc1)N1CCOCC1. The minimum atomic E-state index is -0.676. The standard InChI is InChI=1S/C18H19F2N3O2/c19-15-4-3-13(16(20)10-15)12-22-18(24)17(14-2-1-5-21-11-14)23-6-8-25-9-7-23/h1-5,10-11,17H,6-9,12H2,(H,22,24). The average Bonchev–Trinajstić information content (AvgIpc) is 2.63. The van der Waals surface area contributed by atoms with Crippen LogP contribution in [0.2, 0.25) is 0 Å². The number of morpholine rings is 1. The maximum Gasteiger partial charge on any atom is 0.242 e. The van der Waals surface area contributed by atoms with Crippen molar-refractivity contribution >= 4 is 5.91 Å². The molecule has 1 aromatic heterocycles. The highest BCUT2D eigenvalue weighted by atomic mass is 19.1. The molecule has 1 amide bonds. The van der Waals surface area contributed by atoms with Crippen LogP contribution in [0.25, 0.3) is 0 Å². The fourth-order valence-electron chi connectivity index (χ4n) is 2.85. The summed E-state index contributed by atoms with van der Waals surface area (Å²) in [6, 6.07) is 6.40. The van der Waals surface area contributed by atoms with Crippen LogP contribution >= 0.6 is 0 Å². The second-order valence-corrected chi connectivity index (χ2v) is 5.79. The molecule has 132 valence electrons. The van der Waals surface area contributed by atoms with Crippen molar-refractivity contribution in [1.29, 1.82) is 0 Å². The Morgan fingerprint density at radius 1 is 1.28 bits per heavy atom. The molecule has 3 rings (SSSR count). The lowest BCUT2D eigenvalue weighted by molar-refractivity contribution is -0.128. The van der Waals surface area contributed by atoms with Gasteiger partial charge in [0.25, 0.3) is 0 Å². The molecule has 5 nitrogen and oxygen atoms in total. The van der Waals surface area contributed by atoms with Crippen molar-refractivity contribution in [3.8, 4) is 0 Å². The van der Waals surface area contributed by atoms with Crippen LogP contribution in [-0.2, 0) is 16.1 Å². The Bertz CT molecular complexity index is 722. The third kappa shape index (κ3) is 4.37. The van der Waals surface area contributed by atoms with E-state index in [-0.39, 0.29) is 18.0 Å². The predicted molar refractivity (Wildman–Crippen MR) is 87.6 cm³/mol. The molecule has 1 aliphatic rings. The lowest BCUT2D eigenvalue weighted by Crippen LogP contribution is -2.45. The Labute approximate surface area is 144 Å². The van der Waals surface area contributed by atoms with Gasteiger partial charge in [0.05, 0.1) is 13.2 Å². The van der Waals surface area contributed by atoms with Crippen molar-refractivity contribution in [2.75, 3.05) is 26.3 Å². The first-order valence-electron chi connectivity index (χ1n) is 8.08. The number of carbonyl (C=O) groups excluding carboxylic acids is 1. The zero-order valence-corrected chi connectivity index (χ0v) is 13.6. The maximum absolute atomic E-state index is 13.8. The maximum atomic E-state index is 13.8. The number of amides is 1. The highest BCUT2D eigenvalue weighted by Crippen LogP contribution is 2.22. The molecule has 0 aliphatic carbocycles. The summed E-state index contributed by atoms with van der Waals surface area (Å²) >= 11 is 0. The molecule has 1 N–H and O–H groups in total. The number of pyridine rings is 1. The van der Waals surface area contributed by atoms with Crippen molar-refractivity contribution in [2.24, 2.45) is 0 Å². The molecular weight excluding hydrogens is 328 g/mol. The van der Waals surface area contributed by atoms with Crippen LogP contribution in [0.5, 0.6) is 0 Å². The summed E-state index contributed by atoms with van der Waals surface area (Å²) in [5, 5.41) is 2.74. The monoisotopic (exact) mass is 347 g/mol. The van der Waals surface area contributed by atoms with Gasteiger partial charge < -0.3 is 10.1 Å². The van der Waals surface area contributed by atoms with E-state index in [9.17, 15) is 13.6 Å². The van der Waals surface area contributed by atoms with E-state index in [2.05, 4.69) is 10.3 Å². The number of hydrogen-bond acceptors (Lipinski definition) is 4. The van der Waals surface area contributed by atoms with E-state index in [1.54, 1.807) is 18.5 Å². The van der Waals surface area contributed by atoms with Crippen LogP contribution in [0, 0.1) is 11.6 Å². The van der Waals surface area contributed by atoms with Crippen molar-refractivity contribution in [1.82, 2.24) is 15.2 Å². The number of hydrogen-bond donors (Lipinski definition) is 1. The lowest BCUT2D eigenvalue weighted by atomic mass is 10.1. The van der Waals surface area contributed by atoms with Gasteiger partial charge in [0, 0.05) is 43.7 Å². The molecule has 0 spiro atoms. The van der Waals surface area contributed by atoms with Gasteiger partial charge >= 0.3 is 0 Å². The molecule has 0 radical (unpaired) electrons. The summed E-state index contributed by atoms with van der Waals surface area (Å²) in [6.45, 7) is 2.34. The molecule has 1 saturated heterocycles. The summed E-state index contributed by atoms with van der Waals surface area (Å²) in [4.78, 5) is 18.9. The molecule has 1 fully saturated rings. The summed E-state index contributed by atoms with van der Waals surface area (Å²) in [5.41, 5.74) is 1.00. The van der Waals surface area contributed by atoms with E-state index in [4.69, 9.17) is 4.74 Å². The van der Waals surface area contributed by atoms with Crippen molar-refractivity contribution in [3.05, 3.63) is 65.5 Å². The van der Waals surface area contributed by atoms with E-state index in [0.717, 1.165) is 11.6 Å². The van der Waals surface area contributed by atoms with E-state index in [1.807, 2.05) is 11.0 Å². The number of aromatic nitrogens is 1. The third-order valence-electron chi connectivity index (χ3n) is 4.13. The molecule has 2 aromatic rings. The number of nitrogens with zero attached hydrogens (tertiary/aromatic N) is 2. The lowest BCUT2D eigenvalue weighted by Gasteiger charge is -2.33. The second-order valence-electron chi connectivity index (χ2n) is 5.79. The second kappa shape index (κ2) is 8.13. The van der Waals surface area contributed by atoms with Gasteiger partial charge in [-0.2, -0.15) is 0 Å². The molecular formula is C18H19F2N3O2. The van der Waals surface area contributed by atoms with Crippen molar-refractivity contribution in [3.63, 3.8) is 0 Å². The smallest absolute Gasteiger partial charge is 0.242 e. The highest BCUT2D eigenvalue weighted by molar-refractivity contribution is 5.83. The molecule has 2 heterocycles. The van der Waals surface area contributed by atoms with Gasteiger partial charge in [0.2, 0.25) is 5.91 Å². The van der Waals surface area contributed by atoms with E-state index in [0.29, 0.717) is 26.3 Å². The van der Waals surface area contributed by atoms with Gasteiger partial charge in [-0.25, -0.2) is 8.78 Å². The quantitative estimate of drug-likeness (QED) is 0.899. The molecule has 1 atom stereocenters. The average molecular weight is 347 g/mol. The number of nitrogens with one attached hydrogen (secondary N) is 1. The molecule has 7 heteroatoms. The first-order chi connectivity index (χ1) is 12.1. The predicted octanol–water partition coefficient (Wildman–Crippen LogP) is 2.05. The molecule has 1 aliphatic heterocycles. The summed E-state index contributed by atoms with van der Waals surface area (Å²) in [5.74, 6) is -1.57. The topological polar surface area (TPSA) is 54.5 Å². The van der Waals surface area contributed by atoms with Crippen LogP contribution in [0.1, 0.15) is 17.2 Å². The van der Waals surface area contributed by atoms with Crippen LogP contribution < -0.4 is 5.32 Å². The van der Waals surface area contributed by atoms with Gasteiger partial charge in [-0.05, 0) is 17.7 Å². The van der Waals surface area contributed by atoms with Gasteiger partial charge in [-0.3, -0.25) is 14.7 Å². The fraction of sp³-hybridized carbons (Fsp3) is 0.333. The fourth-order valence-corrected chi connectivity index (χ4v) is 2.85. The first kappa shape index (κ1) is 17.4. The number of ether oxygens (including phenoxy) is 1. The summed E-state index contributed by atoms with van der Waals surface area (Å²) < 4.78 is 32.1. The molecule has 1 unspecified atom stereocenters. The van der Waals surface area contributed by atoms with E-state index in [1.165, 1.54) is 12.1 Å².